The first-order chi connectivity index (χ1) is 13.4. The van der Waals surface area contributed by atoms with Crippen molar-refractivity contribution in [2.45, 2.75) is 18.2 Å². The third-order valence-corrected chi connectivity index (χ3v) is 7.29. The molecule has 3 rings (SSSR count). The number of nitrogens with zero attached hydrogens (tertiary/aromatic N) is 1. The highest BCUT2D eigenvalue weighted by atomic mass is 35.5. The fraction of sp³-hybridized carbons (Fsp3) is 0.150. The quantitative estimate of drug-likeness (QED) is 0.580. The number of hydrogen-bond donors (Lipinski definition) is 1. The largest absolute Gasteiger partial charge is 0.326 e. The van der Waals surface area contributed by atoms with Crippen LogP contribution < -0.4 is 9.62 Å². The van der Waals surface area contributed by atoms with Crippen molar-refractivity contribution in [3.63, 3.8) is 0 Å². The van der Waals surface area contributed by atoms with Gasteiger partial charge in [0.05, 0.1) is 17.1 Å². The van der Waals surface area contributed by atoms with E-state index in [9.17, 15) is 13.2 Å². The van der Waals surface area contributed by atoms with E-state index in [2.05, 4.69) is 5.32 Å². The molecule has 0 bridgehead atoms. The van der Waals surface area contributed by atoms with Gasteiger partial charge in [0.15, 0.2) is 0 Å². The van der Waals surface area contributed by atoms with Gasteiger partial charge < -0.3 is 5.32 Å². The van der Waals surface area contributed by atoms with Crippen molar-refractivity contribution in [2.24, 2.45) is 0 Å². The summed E-state index contributed by atoms with van der Waals surface area (Å²) in [6, 6.07) is 17.0. The molecule has 8 heteroatoms. The number of carbonyl (C=O) groups excluding carboxylic acids is 1. The number of rotatable bonds is 7. The molecular formula is C20H19ClN2O3S2. The van der Waals surface area contributed by atoms with Crippen LogP contribution in [0.1, 0.15) is 11.8 Å². The monoisotopic (exact) mass is 434 g/mol. The summed E-state index contributed by atoms with van der Waals surface area (Å²) in [7, 11) is -3.89. The molecule has 5 nitrogen and oxygen atoms in total. The fourth-order valence-electron chi connectivity index (χ4n) is 2.76. The number of hydrogen-bond acceptors (Lipinski definition) is 4. The summed E-state index contributed by atoms with van der Waals surface area (Å²) in [6.45, 7) is 2.00. The van der Waals surface area contributed by atoms with Crippen LogP contribution in [0.2, 0.25) is 5.02 Å². The second-order valence-corrected chi connectivity index (χ2v) is 9.23. The molecule has 1 N–H and O–H groups in total. The lowest BCUT2D eigenvalue weighted by atomic mass is 10.3. The lowest BCUT2D eigenvalue weighted by molar-refractivity contribution is -0.115. The smallest absolute Gasteiger partial charge is 0.265 e. The van der Waals surface area contributed by atoms with Gasteiger partial charge in [-0.1, -0.05) is 35.9 Å². The SMILES string of the molecule is CCN(c1ccccc1)S(=O)(=O)c1cc(NC(=O)Cc2cccs2)ccc1Cl. The lowest BCUT2D eigenvalue weighted by Gasteiger charge is -2.23. The van der Waals surface area contributed by atoms with Crippen LogP contribution in [-0.4, -0.2) is 20.9 Å². The third kappa shape index (κ3) is 4.55. The van der Waals surface area contributed by atoms with Crippen molar-refractivity contribution >= 4 is 50.2 Å². The minimum Gasteiger partial charge on any atom is -0.326 e. The lowest BCUT2D eigenvalue weighted by Crippen LogP contribution is -2.31. The van der Waals surface area contributed by atoms with Gasteiger partial charge in [0.1, 0.15) is 4.90 Å². The predicted octanol–water partition coefficient (Wildman–Crippen LogP) is 4.80. The van der Waals surface area contributed by atoms with Crippen molar-refractivity contribution in [3.8, 4) is 0 Å². The van der Waals surface area contributed by atoms with E-state index in [4.69, 9.17) is 11.6 Å². The molecule has 0 spiro atoms. The molecule has 0 saturated heterocycles. The van der Waals surface area contributed by atoms with Crippen LogP contribution in [0.4, 0.5) is 11.4 Å². The number of thiophene rings is 1. The maximum Gasteiger partial charge on any atom is 0.265 e. The molecule has 0 unspecified atom stereocenters. The van der Waals surface area contributed by atoms with Crippen molar-refractivity contribution in [3.05, 3.63) is 75.9 Å². The molecule has 1 aromatic heterocycles. The zero-order chi connectivity index (χ0) is 20.1. The Hall–Kier alpha value is -2.35. The maximum absolute atomic E-state index is 13.2. The Kier molecular flexibility index (Phi) is 6.39. The minimum atomic E-state index is -3.89. The Morgan fingerprint density at radius 2 is 1.86 bits per heavy atom. The molecule has 146 valence electrons. The third-order valence-electron chi connectivity index (χ3n) is 4.03. The Labute approximate surface area is 173 Å². The first-order valence-corrected chi connectivity index (χ1v) is 11.3. The van der Waals surface area contributed by atoms with Gasteiger partial charge in [0.2, 0.25) is 5.91 Å². The molecule has 28 heavy (non-hydrogen) atoms. The molecule has 0 saturated carbocycles. The molecule has 0 aliphatic rings. The summed E-state index contributed by atoms with van der Waals surface area (Å²) in [4.78, 5) is 13.1. The summed E-state index contributed by atoms with van der Waals surface area (Å²) >= 11 is 7.70. The zero-order valence-corrected chi connectivity index (χ0v) is 17.5. The van der Waals surface area contributed by atoms with Crippen molar-refractivity contribution in [1.29, 1.82) is 0 Å². The van der Waals surface area contributed by atoms with Gasteiger partial charge in [-0.2, -0.15) is 0 Å². The van der Waals surface area contributed by atoms with Gasteiger partial charge in [-0.15, -0.1) is 11.3 Å². The summed E-state index contributed by atoms with van der Waals surface area (Å²) in [6.07, 6.45) is 0.230. The number of para-hydroxylation sites is 1. The van der Waals surface area contributed by atoms with E-state index in [0.717, 1.165) is 4.88 Å². The number of amides is 1. The van der Waals surface area contributed by atoms with Gasteiger partial charge in [-0.25, -0.2) is 8.42 Å². The second-order valence-electron chi connectivity index (χ2n) is 5.95. The van der Waals surface area contributed by atoms with Gasteiger partial charge in [0, 0.05) is 17.1 Å². The number of anilines is 2. The molecule has 2 aromatic carbocycles. The maximum atomic E-state index is 13.2. The van der Waals surface area contributed by atoms with E-state index in [1.54, 1.807) is 37.3 Å². The van der Waals surface area contributed by atoms with Crippen molar-refractivity contribution < 1.29 is 13.2 Å². The molecule has 1 amide bonds. The van der Waals surface area contributed by atoms with Gasteiger partial charge in [-0.05, 0) is 48.7 Å². The number of nitrogens with one attached hydrogen (secondary N) is 1. The Balaban J connectivity index is 1.88. The molecule has 1 heterocycles. The van der Waals surface area contributed by atoms with Crippen LogP contribution in [-0.2, 0) is 21.2 Å². The molecule has 0 aliphatic carbocycles. The molecular weight excluding hydrogens is 416 g/mol. The predicted molar refractivity (Wildman–Crippen MR) is 115 cm³/mol. The summed E-state index contributed by atoms with van der Waals surface area (Å²) in [5, 5.41) is 4.75. The highest BCUT2D eigenvalue weighted by Gasteiger charge is 2.26. The number of carbonyl (C=O) groups is 1. The first kappa shape index (κ1) is 20.4. The van der Waals surface area contributed by atoms with E-state index < -0.39 is 10.0 Å². The van der Waals surface area contributed by atoms with Gasteiger partial charge in [-0.3, -0.25) is 9.10 Å². The summed E-state index contributed by atoms with van der Waals surface area (Å²) < 4.78 is 27.7. The minimum absolute atomic E-state index is 0.0474. The van der Waals surface area contributed by atoms with Crippen LogP contribution in [0.25, 0.3) is 0 Å². The number of sulfonamides is 1. The fourth-order valence-corrected chi connectivity index (χ4v) is 5.44. The first-order valence-electron chi connectivity index (χ1n) is 8.61. The highest BCUT2D eigenvalue weighted by Crippen LogP contribution is 2.30. The molecule has 0 radical (unpaired) electrons. The van der Waals surface area contributed by atoms with Crippen LogP contribution >= 0.6 is 22.9 Å². The summed E-state index contributed by atoms with van der Waals surface area (Å²) in [5.41, 5.74) is 0.932. The molecule has 3 aromatic rings. The van der Waals surface area contributed by atoms with Gasteiger partial charge in [0.25, 0.3) is 10.0 Å². The number of halogens is 1. The van der Waals surface area contributed by atoms with Crippen LogP contribution in [0.15, 0.2) is 70.9 Å². The van der Waals surface area contributed by atoms with E-state index in [1.807, 2.05) is 23.6 Å². The summed E-state index contributed by atoms with van der Waals surface area (Å²) in [5.74, 6) is -0.219. The van der Waals surface area contributed by atoms with Crippen LogP contribution in [0.3, 0.4) is 0 Å². The average Bonchev–Trinajstić information content (AvgIpc) is 3.17. The number of benzene rings is 2. The van der Waals surface area contributed by atoms with E-state index in [-0.39, 0.29) is 28.8 Å². The topological polar surface area (TPSA) is 66.5 Å². The highest BCUT2D eigenvalue weighted by molar-refractivity contribution is 7.93. The Morgan fingerprint density at radius 3 is 2.50 bits per heavy atom. The van der Waals surface area contributed by atoms with Crippen LogP contribution in [0, 0.1) is 0 Å². The normalized spacial score (nSPS) is 11.2. The van der Waals surface area contributed by atoms with Crippen molar-refractivity contribution in [2.75, 3.05) is 16.2 Å². The standard InChI is InChI=1S/C20H19ClN2O3S2/c1-2-23(16-7-4-3-5-8-16)28(25,26)19-13-15(10-11-18(19)21)22-20(24)14-17-9-6-12-27-17/h3-13H,2,14H2,1H3,(H,22,24). The average molecular weight is 435 g/mol. The molecule has 0 fully saturated rings. The molecule has 0 atom stereocenters. The van der Waals surface area contributed by atoms with Gasteiger partial charge >= 0.3 is 0 Å². The van der Waals surface area contributed by atoms with E-state index >= 15 is 0 Å². The van der Waals surface area contributed by atoms with Crippen molar-refractivity contribution in [1.82, 2.24) is 0 Å². The van der Waals surface area contributed by atoms with E-state index in [0.29, 0.717) is 11.4 Å². The molecule has 0 aliphatic heterocycles. The van der Waals surface area contributed by atoms with E-state index in [1.165, 1.54) is 27.8 Å². The second kappa shape index (κ2) is 8.77. The Bertz CT molecular complexity index is 1050. The van der Waals surface area contributed by atoms with Crippen LogP contribution in [0.5, 0.6) is 0 Å². The zero-order valence-electron chi connectivity index (χ0n) is 15.1. The Morgan fingerprint density at radius 1 is 1.11 bits per heavy atom.